The van der Waals surface area contributed by atoms with Crippen molar-refractivity contribution >= 4 is 40.5 Å². The van der Waals surface area contributed by atoms with Gasteiger partial charge in [0.15, 0.2) is 0 Å². The van der Waals surface area contributed by atoms with Crippen LogP contribution in [-0.2, 0) is 0 Å². The SMILES string of the molecule is N#CC(Nc1cccc(Cl)c1)c1ccc(Cl)cc1Cl. The number of nitriles is 1. The van der Waals surface area contributed by atoms with E-state index in [4.69, 9.17) is 34.8 Å². The van der Waals surface area contributed by atoms with Crippen LogP contribution in [0.15, 0.2) is 42.5 Å². The topological polar surface area (TPSA) is 35.8 Å². The number of nitrogens with one attached hydrogen (secondary N) is 1. The van der Waals surface area contributed by atoms with Gasteiger partial charge in [-0.1, -0.05) is 46.9 Å². The van der Waals surface area contributed by atoms with E-state index in [-0.39, 0.29) is 0 Å². The number of hydrogen-bond acceptors (Lipinski definition) is 2. The standard InChI is InChI=1S/C14H9Cl3N2/c15-9-2-1-3-11(6-9)19-14(8-18)12-5-4-10(16)7-13(12)17/h1-7,14,19H. The molecule has 0 bridgehead atoms. The lowest BCUT2D eigenvalue weighted by atomic mass is 10.1. The number of halogens is 3. The van der Waals surface area contributed by atoms with Gasteiger partial charge in [-0.15, -0.1) is 0 Å². The van der Waals surface area contributed by atoms with Crippen LogP contribution < -0.4 is 5.32 Å². The number of benzene rings is 2. The van der Waals surface area contributed by atoms with E-state index in [1.54, 1.807) is 30.3 Å². The molecule has 96 valence electrons. The van der Waals surface area contributed by atoms with Crippen LogP contribution >= 0.6 is 34.8 Å². The van der Waals surface area contributed by atoms with Crippen molar-refractivity contribution in [2.75, 3.05) is 5.32 Å². The van der Waals surface area contributed by atoms with Crippen LogP contribution in [0.1, 0.15) is 11.6 Å². The monoisotopic (exact) mass is 310 g/mol. The average molecular weight is 312 g/mol. The molecule has 0 amide bonds. The maximum absolute atomic E-state index is 9.27. The van der Waals surface area contributed by atoms with Crippen LogP contribution in [0.3, 0.4) is 0 Å². The second-order valence-electron chi connectivity index (χ2n) is 3.88. The van der Waals surface area contributed by atoms with Crippen LogP contribution in [-0.4, -0.2) is 0 Å². The molecule has 0 aliphatic rings. The first-order chi connectivity index (χ1) is 9.10. The summed E-state index contributed by atoms with van der Waals surface area (Å²) in [5, 5.41) is 13.9. The second kappa shape index (κ2) is 6.16. The van der Waals surface area contributed by atoms with E-state index in [0.29, 0.717) is 20.6 Å². The van der Waals surface area contributed by atoms with E-state index in [0.717, 1.165) is 5.69 Å². The lowest BCUT2D eigenvalue weighted by molar-refractivity contribution is 0.998. The molecule has 1 unspecified atom stereocenters. The number of nitrogens with zero attached hydrogens (tertiary/aromatic N) is 1. The minimum absolute atomic E-state index is 0.452. The predicted molar refractivity (Wildman–Crippen MR) is 79.9 cm³/mol. The molecule has 0 aliphatic carbocycles. The molecule has 0 aromatic heterocycles. The smallest absolute Gasteiger partial charge is 0.141 e. The molecule has 2 aromatic carbocycles. The lowest BCUT2D eigenvalue weighted by Gasteiger charge is -2.15. The molecule has 0 aliphatic heterocycles. The van der Waals surface area contributed by atoms with E-state index < -0.39 is 6.04 Å². The van der Waals surface area contributed by atoms with Gasteiger partial charge in [-0.05, 0) is 30.3 Å². The van der Waals surface area contributed by atoms with Gasteiger partial charge in [0.1, 0.15) is 6.04 Å². The summed E-state index contributed by atoms with van der Waals surface area (Å²) >= 11 is 17.8. The van der Waals surface area contributed by atoms with Gasteiger partial charge in [-0.2, -0.15) is 5.26 Å². The zero-order valence-electron chi connectivity index (χ0n) is 9.70. The first-order valence-electron chi connectivity index (χ1n) is 5.47. The maximum Gasteiger partial charge on any atom is 0.141 e. The maximum atomic E-state index is 9.27. The van der Waals surface area contributed by atoms with Gasteiger partial charge in [0.25, 0.3) is 0 Å². The zero-order chi connectivity index (χ0) is 13.8. The Kier molecular flexibility index (Phi) is 4.55. The van der Waals surface area contributed by atoms with E-state index in [9.17, 15) is 5.26 Å². The van der Waals surface area contributed by atoms with E-state index >= 15 is 0 Å². The third-order valence-electron chi connectivity index (χ3n) is 2.54. The van der Waals surface area contributed by atoms with Gasteiger partial charge in [0.05, 0.1) is 6.07 Å². The number of hydrogen-bond donors (Lipinski definition) is 1. The van der Waals surface area contributed by atoms with E-state index in [2.05, 4.69) is 11.4 Å². The predicted octanol–water partition coefficient (Wildman–Crippen LogP) is 5.32. The molecule has 1 N–H and O–H groups in total. The number of rotatable bonds is 3. The van der Waals surface area contributed by atoms with Crippen molar-refractivity contribution in [3.8, 4) is 6.07 Å². The largest absolute Gasteiger partial charge is 0.366 e. The Hall–Kier alpha value is -1.40. The third kappa shape index (κ3) is 3.54. The van der Waals surface area contributed by atoms with Gasteiger partial charge in [-0.3, -0.25) is 0 Å². The zero-order valence-corrected chi connectivity index (χ0v) is 12.0. The molecular formula is C14H9Cl3N2. The van der Waals surface area contributed by atoms with Gasteiger partial charge < -0.3 is 5.32 Å². The Bertz CT molecular complexity index is 635. The van der Waals surface area contributed by atoms with Crippen LogP contribution in [0.4, 0.5) is 5.69 Å². The average Bonchev–Trinajstić information content (AvgIpc) is 2.37. The molecule has 0 saturated carbocycles. The van der Waals surface area contributed by atoms with Crippen LogP contribution in [0, 0.1) is 11.3 Å². The van der Waals surface area contributed by atoms with Crippen molar-refractivity contribution in [3.05, 3.63) is 63.1 Å². The molecule has 0 fully saturated rings. The first-order valence-corrected chi connectivity index (χ1v) is 6.60. The second-order valence-corrected chi connectivity index (χ2v) is 5.16. The van der Waals surface area contributed by atoms with Gasteiger partial charge >= 0.3 is 0 Å². The highest BCUT2D eigenvalue weighted by atomic mass is 35.5. The summed E-state index contributed by atoms with van der Waals surface area (Å²) in [6, 6.07) is 13.8. The van der Waals surface area contributed by atoms with Crippen LogP contribution in [0.2, 0.25) is 15.1 Å². The van der Waals surface area contributed by atoms with Crippen molar-refractivity contribution in [3.63, 3.8) is 0 Å². The van der Waals surface area contributed by atoms with E-state index in [1.807, 2.05) is 12.1 Å². The molecule has 0 radical (unpaired) electrons. The third-order valence-corrected chi connectivity index (χ3v) is 3.34. The Morgan fingerprint density at radius 2 is 1.74 bits per heavy atom. The summed E-state index contributed by atoms with van der Waals surface area (Å²) in [6.45, 7) is 0. The highest BCUT2D eigenvalue weighted by molar-refractivity contribution is 6.35. The normalized spacial score (nSPS) is 11.7. The molecule has 5 heteroatoms. The fourth-order valence-corrected chi connectivity index (χ4v) is 2.37. The quantitative estimate of drug-likeness (QED) is 0.832. The van der Waals surface area contributed by atoms with Gasteiger partial charge in [0.2, 0.25) is 0 Å². The summed E-state index contributed by atoms with van der Waals surface area (Å²) in [4.78, 5) is 0. The molecule has 0 saturated heterocycles. The summed E-state index contributed by atoms with van der Waals surface area (Å²) in [5.41, 5.74) is 1.43. The van der Waals surface area contributed by atoms with E-state index in [1.165, 1.54) is 0 Å². The highest BCUT2D eigenvalue weighted by Crippen LogP contribution is 2.29. The van der Waals surface area contributed by atoms with Crippen molar-refractivity contribution in [1.29, 1.82) is 5.26 Å². The van der Waals surface area contributed by atoms with Crippen molar-refractivity contribution in [1.82, 2.24) is 0 Å². The molecule has 1 atom stereocenters. The molecule has 2 rings (SSSR count). The van der Waals surface area contributed by atoms with Gasteiger partial charge in [0, 0.05) is 26.3 Å². The summed E-state index contributed by atoms with van der Waals surface area (Å²) in [7, 11) is 0. The Balaban J connectivity index is 2.28. The van der Waals surface area contributed by atoms with Crippen molar-refractivity contribution < 1.29 is 0 Å². The first kappa shape index (κ1) is 14.0. The Morgan fingerprint density at radius 3 is 2.37 bits per heavy atom. The molecule has 0 spiro atoms. The number of anilines is 1. The lowest BCUT2D eigenvalue weighted by Crippen LogP contribution is -2.09. The van der Waals surface area contributed by atoms with Crippen molar-refractivity contribution in [2.24, 2.45) is 0 Å². The molecule has 2 aromatic rings. The van der Waals surface area contributed by atoms with Crippen LogP contribution in [0.5, 0.6) is 0 Å². The summed E-state index contributed by atoms with van der Waals surface area (Å²) in [6.07, 6.45) is 0. The minimum atomic E-state index is -0.566. The molecule has 2 nitrogen and oxygen atoms in total. The minimum Gasteiger partial charge on any atom is -0.366 e. The highest BCUT2D eigenvalue weighted by Gasteiger charge is 2.14. The molecular weight excluding hydrogens is 303 g/mol. The molecule has 0 heterocycles. The molecule has 19 heavy (non-hydrogen) atoms. The fraction of sp³-hybridized carbons (Fsp3) is 0.0714. The van der Waals surface area contributed by atoms with Crippen LogP contribution in [0.25, 0.3) is 0 Å². The Morgan fingerprint density at radius 1 is 1.00 bits per heavy atom. The summed E-state index contributed by atoms with van der Waals surface area (Å²) in [5.74, 6) is 0. The van der Waals surface area contributed by atoms with Gasteiger partial charge in [-0.25, -0.2) is 0 Å². The fourth-order valence-electron chi connectivity index (χ4n) is 1.66. The Labute approximate surface area is 126 Å². The summed E-state index contributed by atoms with van der Waals surface area (Å²) < 4.78 is 0. The van der Waals surface area contributed by atoms with Crippen molar-refractivity contribution in [2.45, 2.75) is 6.04 Å².